The van der Waals surface area contributed by atoms with E-state index in [0.29, 0.717) is 0 Å². The molecule has 3 aromatic rings. The van der Waals surface area contributed by atoms with Crippen molar-refractivity contribution < 1.29 is 0 Å². The Morgan fingerprint density at radius 3 is 2.76 bits per heavy atom. The van der Waals surface area contributed by atoms with Gasteiger partial charge in [0, 0.05) is 23.5 Å². The topological polar surface area (TPSA) is 42.7 Å². The van der Waals surface area contributed by atoms with E-state index in [1.54, 1.807) is 0 Å². The van der Waals surface area contributed by atoms with E-state index in [9.17, 15) is 0 Å². The van der Waals surface area contributed by atoms with E-state index in [2.05, 4.69) is 50.4 Å². The molecule has 21 heavy (non-hydrogen) atoms. The zero-order chi connectivity index (χ0) is 14.2. The second-order valence-corrected chi connectivity index (χ2v) is 5.29. The first-order valence-electron chi connectivity index (χ1n) is 7.17. The summed E-state index contributed by atoms with van der Waals surface area (Å²) in [6.07, 6.45) is 1.10. The van der Waals surface area contributed by atoms with Gasteiger partial charge in [0.05, 0.1) is 0 Å². The van der Waals surface area contributed by atoms with Crippen molar-refractivity contribution in [1.29, 1.82) is 0 Å². The second kappa shape index (κ2) is 4.74. The van der Waals surface area contributed by atoms with E-state index >= 15 is 0 Å². The van der Waals surface area contributed by atoms with Gasteiger partial charge in [0.2, 0.25) is 0 Å². The zero-order valence-corrected chi connectivity index (χ0v) is 11.9. The number of nitrogens with zero attached hydrogens (tertiary/aromatic N) is 3. The van der Waals surface area contributed by atoms with E-state index < -0.39 is 0 Å². The van der Waals surface area contributed by atoms with Crippen molar-refractivity contribution in [1.82, 2.24) is 14.8 Å². The van der Waals surface area contributed by atoms with Gasteiger partial charge in [-0.2, -0.15) is 0 Å². The highest BCUT2D eigenvalue weighted by Crippen LogP contribution is 2.29. The molecule has 0 aliphatic carbocycles. The zero-order valence-electron chi connectivity index (χ0n) is 11.9. The molecule has 1 aliphatic rings. The number of fused-ring (bicyclic) bond motifs is 1. The maximum Gasteiger partial charge on any atom is 0.168 e. The molecule has 0 saturated carbocycles. The van der Waals surface area contributed by atoms with E-state index in [4.69, 9.17) is 0 Å². The summed E-state index contributed by atoms with van der Waals surface area (Å²) in [5.41, 5.74) is 4.77. The molecule has 0 bridgehead atoms. The molecule has 4 rings (SSSR count). The van der Waals surface area contributed by atoms with Crippen LogP contribution < -0.4 is 5.32 Å². The fourth-order valence-corrected chi connectivity index (χ4v) is 2.87. The Labute approximate surface area is 123 Å². The van der Waals surface area contributed by atoms with Gasteiger partial charge in [0.1, 0.15) is 5.82 Å². The third-order valence-corrected chi connectivity index (χ3v) is 3.92. The van der Waals surface area contributed by atoms with Crippen LogP contribution in [-0.4, -0.2) is 21.3 Å². The highest BCUT2D eigenvalue weighted by atomic mass is 15.3. The molecule has 1 aliphatic heterocycles. The lowest BCUT2D eigenvalue weighted by Gasteiger charge is -2.09. The molecule has 4 nitrogen and oxygen atoms in total. The third kappa shape index (κ3) is 2.00. The van der Waals surface area contributed by atoms with E-state index in [1.807, 2.05) is 25.1 Å². The average molecular weight is 276 g/mol. The fraction of sp³-hybridized carbons (Fsp3) is 0.176. The van der Waals surface area contributed by atoms with Crippen LogP contribution in [-0.2, 0) is 6.42 Å². The molecule has 0 atom stereocenters. The number of hydrogen-bond donors (Lipinski definition) is 1. The summed E-state index contributed by atoms with van der Waals surface area (Å²) in [5, 5.41) is 12.0. The maximum atomic E-state index is 4.37. The molecule has 1 N–H and O–H groups in total. The van der Waals surface area contributed by atoms with Crippen molar-refractivity contribution in [2.24, 2.45) is 0 Å². The number of benzene rings is 2. The highest BCUT2D eigenvalue weighted by molar-refractivity contribution is 5.68. The summed E-state index contributed by atoms with van der Waals surface area (Å²) in [6, 6.07) is 16.7. The van der Waals surface area contributed by atoms with Crippen LogP contribution in [0, 0.1) is 6.92 Å². The lowest BCUT2D eigenvalue weighted by molar-refractivity contribution is 0.972. The van der Waals surface area contributed by atoms with E-state index in [1.165, 1.54) is 11.3 Å². The molecular weight excluding hydrogens is 260 g/mol. The smallest absolute Gasteiger partial charge is 0.168 e. The predicted molar refractivity (Wildman–Crippen MR) is 83.7 cm³/mol. The van der Waals surface area contributed by atoms with Crippen LogP contribution in [0.1, 0.15) is 11.4 Å². The lowest BCUT2D eigenvalue weighted by Crippen LogP contribution is -2.00. The molecule has 2 heterocycles. The maximum absolute atomic E-state index is 4.37. The third-order valence-electron chi connectivity index (χ3n) is 3.92. The number of aromatic nitrogens is 3. The van der Waals surface area contributed by atoms with Gasteiger partial charge >= 0.3 is 0 Å². The van der Waals surface area contributed by atoms with Gasteiger partial charge in [-0.3, -0.25) is 4.57 Å². The number of aryl methyl sites for hydroxylation is 1. The quantitative estimate of drug-likeness (QED) is 0.781. The van der Waals surface area contributed by atoms with Gasteiger partial charge in [-0.05, 0) is 37.1 Å². The van der Waals surface area contributed by atoms with Crippen molar-refractivity contribution >= 4 is 5.69 Å². The summed E-state index contributed by atoms with van der Waals surface area (Å²) in [7, 11) is 0. The normalized spacial score (nSPS) is 13.0. The minimum absolute atomic E-state index is 0.884. The van der Waals surface area contributed by atoms with Gasteiger partial charge in [-0.25, -0.2) is 0 Å². The molecule has 0 spiro atoms. The standard InChI is InChI=1S/C17H16N4/c1-12-19-20-17(21(12)15-5-3-2-4-6-15)14-8-7-13-9-10-18-16(13)11-14/h2-8,11,18H,9-10H2,1H3. The van der Waals surface area contributed by atoms with Gasteiger partial charge < -0.3 is 5.32 Å². The molecule has 0 amide bonds. The average Bonchev–Trinajstić information content (AvgIpc) is 3.13. The largest absolute Gasteiger partial charge is 0.384 e. The van der Waals surface area contributed by atoms with Crippen molar-refractivity contribution in [3.05, 3.63) is 59.9 Å². The Hall–Kier alpha value is -2.62. The number of rotatable bonds is 2. The molecule has 0 unspecified atom stereocenters. The van der Waals surface area contributed by atoms with Gasteiger partial charge in [-0.15, -0.1) is 10.2 Å². The van der Waals surface area contributed by atoms with Crippen LogP contribution in [0.2, 0.25) is 0 Å². The molecule has 4 heteroatoms. The Kier molecular flexibility index (Phi) is 2.74. The van der Waals surface area contributed by atoms with Gasteiger partial charge in [0.25, 0.3) is 0 Å². The molecule has 1 aromatic heterocycles. The van der Waals surface area contributed by atoms with Crippen LogP contribution in [0.5, 0.6) is 0 Å². The van der Waals surface area contributed by atoms with E-state index in [0.717, 1.165) is 35.9 Å². The number of hydrogen-bond acceptors (Lipinski definition) is 3. The van der Waals surface area contributed by atoms with Crippen LogP contribution in [0.4, 0.5) is 5.69 Å². The Morgan fingerprint density at radius 1 is 1.05 bits per heavy atom. The molecule has 104 valence electrons. The summed E-state index contributed by atoms with van der Waals surface area (Å²) in [6.45, 7) is 3.00. The first-order valence-corrected chi connectivity index (χ1v) is 7.17. The number of para-hydroxylation sites is 1. The summed E-state index contributed by atoms with van der Waals surface area (Å²) in [4.78, 5) is 0. The summed E-state index contributed by atoms with van der Waals surface area (Å²) in [5.74, 6) is 1.78. The first kappa shape index (κ1) is 12.1. The summed E-state index contributed by atoms with van der Waals surface area (Å²) < 4.78 is 2.09. The molecule has 2 aromatic carbocycles. The van der Waals surface area contributed by atoms with Crippen LogP contribution in [0.3, 0.4) is 0 Å². The first-order chi connectivity index (χ1) is 10.3. The van der Waals surface area contributed by atoms with Crippen molar-refractivity contribution in [2.75, 3.05) is 11.9 Å². The SMILES string of the molecule is Cc1nnc(-c2ccc3c(c2)NCC3)n1-c1ccccc1. The summed E-state index contributed by atoms with van der Waals surface area (Å²) >= 11 is 0. The molecule has 0 radical (unpaired) electrons. The fourth-order valence-electron chi connectivity index (χ4n) is 2.87. The van der Waals surface area contributed by atoms with Crippen LogP contribution >= 0.6 is 0 Å². The Bertz CT molecular complexity index is 790. The Balaban J connectivity index is 1.87. The van der Waals surface area contributed by atoms with Gasteiger partial charge in [-0.1, -0.05) is 30.3 Å². The van der Waals surface area contributed by atoms with Crippen LogP contribution in [0.15, 0.2) is 48.5 Å². The minimum Gasteiger partial charge on any atom is -0.384 e. The lowest BCUT2D eigenvalue weighted by atomic mass is 10.1. The van der Waals surface area contributed by atoms with Crippen molar-refractivity contribution in [3.63, 3.8) is 0 Å². The van der Waals surface area contributed by atoms with E-state index in [-0.39, 0.29) is 0 Å². The number of nitrogens with one attached hydrogen (secondary N) is 1. The molecule has 0 saturated heterocycles. The Morgan fingerprint density at radius 2 is 1.90 bits per heavy atom. The van der Waals surface area contributed by atoms with Crippen molar-refractivity contribution in [2.45, 2.75) is 13.3 Å². The molecule has 0 fully saturated rings. The minimum atomic E-state index is 0.884. The highest BCUT2D eigenvalue weighted by Gasteiger charge is 2.16. The molecular formula is C17H16N4. The van der Waals surface area contributed by atoms with Crippen LogP contribution in [0.25, 0.3) is 17.1 Å². The number of anilines is 1. The predicted octanol–water partition coefficient (Wildman–Crippen LogP) is 3.21. The second-order valence-electron chi connectivity index (χ2n) is 5.29. The monoisotopic (exact) mass is 276 g/mol. The van der Waals surface area contributed by atoms with Crippen molar-refractivity contribution in [3.8, 4) is 17.1 Å². The van der Waals surface area contributed by atoms with Gasteiger partial charge in [0.15, 0.2) is 5.82 Å².